The molecule has 0 atom stereocenters. The van der Waals surface area contributed by atoms with E-state index >= 15 is 0 Å². The van der Waals surface area contributed by atoms with E-state index in [1.165, 1.54) is 6.26 Å². The van der Waals surface area contributed by atoms with Gasteiger partial charge in [0.15, 0.2) is 5.82 Å². The first-order valence-electron chi connectivity index (χ1n) is 8.77. The smallest absolute Gasteiger partial charge is 0.152 e. The number of nitrogens with two attached hydrogens (primary N) is 1. The van der Waals surface area contributed by atoms with Crippen molar-refractivity contribution in [3.63, 3.8) is 0 Å². The van der Waals surface area contributed by atoms with E-state index in [2.05, 4.69) is 9.97 Å². The Morgan fingerprint density at radius 2 is 1.93 bits per heavy atom. The molecule has 27 heavy (non-hydrogen) atoms. The average Bonchev–Trinajstić information content (AvgIpc) is 2.98. The molecule has 0 unspecified atom stereocenters. The molecule has 0 saturated heterocycles. The van der Waals surface area contributed by atoms with Crippen LogP contribution in [-0.2, 0) is 32.5 Å². The number of nitrogens with zero attached hydrogens (tertiary/aromatic N) is 3. The molecule has 3 rings (SSSR count). The van der Waals surface area contributed by atoms with Crippen LogP contribution in [0.4, 0.5) is 5.82 Å². The first-order valence-corrected chi connectivity index (χ1v) is 10.8. The molecule has 2 heterocycles. The fourth-order valence-corrected chi connectivity index (χ4v) is 3.34. The highest BCUT2D eigenvalue weighted by Crippen LogP contribution is 2.29. The molecule has 2 aromatic heterocycles. The van der Waals surface area contributed by atoms with Gasteiger partial charge >= 0.3 is 0 Å². The quantitative estimate of drug-likeness (QED) is 0.553. The van der Waals surface area contributed by atoms with Gasteiger partial charge in [-0.25, -0.2) is 18.4 Å². The average molecular weight is 392 g/mol. The Morgan fingerprint density at radius 3 is 2.67 bits per heavy atom. The molecule has 0 aliphatic rings. The Kier molecular flexibility index (Phi) is 5.93. The molecule has 3 aromatic rings. The van der Waals surface area contributed by atoms with Crippen LogP contribution >= 0.6 is 0 Å². The van der Waals surface area contributed by atoms with E-state index in [9.17, 15) is 8.42 Å². The summed E-state index contributed by atoms with van der Waals surface area (Å²) < 4.78 is 35.5. The van der Waals surface area contributed by atoms with Gasteiger partial charge < -0.3 is 19.8 Å². The number of para-hydroxylation sites is 1. The Morgan fingerprint density at radius 1 is 1.15 bits per heavy atom. The fourth-order valence-electron chi connectivity index (χ4n) is 2.92. The molecular formula is C18H24N4O4S. The van der Waals surface area contributed by atoms with Gasteiger partial charge in [-0.2, -0.15) is 0 Å². The van der Waals surface area contributed by atoms with Crippen LogP contribution in [0, 0.1) is 0 Å². The van der Waals surface area contributed by atoms with Gasteiger partial charge in [-0.05, 0) is 13.0 Å². The van der Waals surface area contributed by atoms with Crippen molar-refractivity contribution in [2.24, 2.45) is 0 Å². The topological polar surface area (TPSA) is 109 Å². The molecule has 9 heteroatoms. The molecule has 0 saturated carbocycles. The molecule has 0 aliphatic carbocycles. The largest absolute Gasteiger partial charge is 0.382 e. The van der Waals surface area contributed by atoms with Gasteiger partial charge in [-0.3, -0.25) is 0 Å². The summed E-state index contributed by atoms with van der Waals surface area (Å²) >= 11 is 0. The van der Waals surface area contributed by atoms with E-state index in [-0.39, 0.29) is 12.4 Å². The second-order valence-electron chi connectivity index (χ2n) is 6.27. The van der Waals surface area contributed by atoms with Gasteiger partial charge in [0.25, 0.3) is 0 Å². The van der Waals surface area contributed by atoms with Crippen LogP contribution in [0.1, 0.15) is 12.7 Å². The van der Waals surface area contributed by atoms with E-state index in [1.54, 1.807) is 0 Å². The van der Waals surface area contributed by atoms with E-state index in [0.717, 1.165) is 22.2 Å². The lowest BCUT2D eigenvalue weighted by Gasteiger charge is -2.11. The number of fused-ring (bicyclic) bond motifs is 3. The van der Waals surface area contributed by atoms with Crippen LogP contribution in [0.2, 0.25) is 0 Å². The fraction of sp³-hybridized carbons (Fsp3) is 0.444. The van der Waals surface area contributed by atoms with Crippen LogP contribution < -0.4 is 5.73 Å². The lowest BCUT2D eigenvalue weighted by molar-refractivity contribution is 0.118. The lowest BCUT2D eigenvalue weighted by Crippen LogP contribution is -2.15. The third kappa shape index (κ3) is 4.55. The number of ether oxygens (including phenoxy) is 2. The number of hydrogen-bond donors (Lipinski definition) is 1. The summed E-state index contributed by atoms with van der Waals surface area (Å²) in [4.78, 5) is 9.08. The minimum atomic E-state index is -3.04. The minimum Gasteiger partial charge on any atom is -0.382 e. The molecule has 0 aliphatic heterocycles. The number of aromatic nitrogens is 3. The maximum Gasteiger partial charge on any atom is 0.152 e. The van der Waals surface area contributed by atoms with E-state index in [4.69, 9.17) is 15.2 Å². The normalized spacial score (nSPS) is 12.2. The van der Waals surface area contributed by atoms with Gasteiger partial charge in [0, 0.05) is 24.8 Å². The molecule has 0 radical (unpaired) electrons. The van der Waals surface area contributed by atoms with Gasteiger partial charge in [-0.1, -0.05) is 18.2 Å². The number of rotatable bonds is 9. The SMILES string of the molecule is CCOCc1nc2c(N)nc3ccccc3c2n1CCOCCS(C)(=O)=O. The van der Waals surface area contributed by atoms with Crippen molar-refractivity contribution in [2.75, 3.05) is 37.6 Å². The van der Waals surface area contributed by atoms with Crippen molar-refractivity contribution in [3.8, 4) is 0 Å². The van der Waals surface area contributed by atoms with E-state index in [1.807, 2.05) is 35.8 Å². The second-order valence-corrected chi connectivity index (χ2v) is 8.53. The van der Waals surface area contributed by atoms with Crippen molar-refractivity contribution in [1.29, 1.82) is 0 Å². The highest BCUT2D eigenvalue weighted by molar-refractivity contribution is 7.90. The maximum absolute atomic E-state index is 11.2. The molecule has 0 bridgehead atoms. The van der Waals surface area contributed by atoms with Gasteiger partial charge in [0.05, 0.1) is 30.0 Å². The van der Waals surface area contributed by atoms with Crippen LogP contribution in [-0.4, -0.2) is 54.8 Å². The Bertz CT molecular complexity index is 1050. The Labute approximate surface area is 158 Å². The van der Waals surface area contributed by atoms with Crippen molar-refractivity contribution >= 4 is 37.6 Å². The minimum absolute atomic E-state index is 0.00325. The molecule has 8 nitrogen and oxygen atoms in total. The summed E-state index contributed by atoms with van der Waals surface area (Å²) in [6.45, 7) is 3.88. The molecule has 1 aromatic carbocycles. The standard InChI is InChI=1S/C18H24N4O4S/c1-3-25-12-15-21-16-17(13-6-4-5-7-14(13)20-18(16)19)22(15)8-9-26-10-11-27(2,23)24/h4-7H,3,8-12H2,1-2H3,(H2,19,20). The summed E-state index contributed by atoms with van der Waals surface area (Å²) in [6, 6.07) is 7.75. The first-order chi connectivity index (χ1) is 12.9. The number of hydrogen-bond acceptors (Lipinski definition) is 7. The van der Waals surface area contributed by atoms with Crippen LogP contribution in [0.3, 0.4) is 0 Å². The number of nitrogen functional groups attached to an aromatic ring is 1. The number of benzene rings is 1. The van der Waals surface area contributed by atoms with Crippen molar-refractivity contribution in [1.82, 2.24) is 14.5 Å². The lowest BCUT2D eigenvalue weighted by atomic mass is 10.2. The molecule has 2 N–H and O–H groups in total. The molecule has 0 fully saturated rings. The van der Waals surface area contributed by atoms with Crippen LogP contribution in [0.15, 0.2) is 24.3 Å². The predicted molar refractivity (Wildman–Crippen MR) is 105 cm³/mol. The molecular weight excluding hydrogens is 368 g/mol. The summed E-state index contributed by atoms with van der Waals surface area (Å²) in [6.07, 6.45) is 1.20. The molecule has 0 amide bonds. The third-order valence-electron chi connectivity index (χ3n) is 4.18. The summed E-state index contributed by atoms with van der Waals surface area (Å²) in [5.74, 6) is 1.12. The number of pyridine rings is 1. The van der Waals surface area contributed by atoms with Gasteiger partial charge in [0.1, 0.15) is 27.8 Å². The van der Waals surface area contributed by atoms with Gasteiger partial charge in [0.2, 0.25) is 0 Å². The first kappa shape index (κ1) is 19.5. The monoisotopic (exact) mass is 392 g/mol. The zero-order chi connectivity index (χ0) is 19.4. The summed E-state index contributed by atoms with van der Waals surface area (Å²) in [7, 11) is -3.04. The van der Waals surface area contributed by atoms with Crippen molar-refractivity contribution < 1.29 is 17.9 Å². The number of sulfone groups is 1. The second kappa shape index (κ2) is 8.20. The summed E-state index contributed by atoms with van der Waals surface area (Å²) in [5, 5.41) is 0.952. The molecule has 146 valence electrons. The predicted octanol–water partition coefficient (Wildman–Crippen LogP) is 1.76. The van der Waals surface area contributed by atoms with E-state index < -0.39 is 9.84 Å². The zero-order valence-corrected chi connectivity index (χ0v) is 16.3. The van der Waals surface area contributed by atoms with Gasteiger partial charge in [-0.15, -0.1) is 0 Å². The highest BCUT2D eigenvalue weighted by atomic mass is 32.2. The number of imidazole rings is 1. The third-order valence-corrected chi connectivity index (χ3v) is 5.09. The van der Waals surface area contributed by atoms with Crippen molar-refractivity contribution in [3.05, 3.63) is 30.1 Å². The summed E-state index contributed by atoms with van der Waals surface area (Å²) in [5.41, 5.74) is 8.45. The zero-order valence-electron chi connectivity index (χ0n) is 15.5. The number of anilines is 1. The van der Waals surface area contributed by atoms with Crippen molar-refractivity contribution in [2.45, 2.75) is 20.1 Å². The Balaban J connectivity index is 1.94. The van der Waals surface area contributed by atoms with E-state index in [0.29, 0.717) is 37.7 Å². The van der Waals surface area contributed by atoms with Crippen LogP contribution in [0.5, 0.6) is 0 Å². The highest BCUT2D eigenvalue weighted by Gasteiger charge is 2.17. The Hall–Kier alpha value is -2.23. The van der Waals surface area contributed by atoms with Crippen LogP contribution in [0.25, 0.3) is 21.9 Å². The molecule has 0 spiro atoms. The maximum atomic E-state index is 11.2.